The van der Waals surface area contributed by atoms with Gasteiger partial charge in [0, 0.05) is 12.4 Å². The van der Waals surface area contributed by atoms with Crippen LogP contribution in [0.3, 0.4) is 0 Å². The Hall–Kier alpha value is -1.97. The summed E-state index contributed by atoms with van der Waals surface area (Å²) < 4.78 is 7.30. The minimum absolute atomic E-state index is 0.0374. The van der Waals surface area contributed by atoms with Gasteiger partial charge in [-0.1, -0.05) is 20.8 Å². The Bertz CT molecular complexity index is 539. The summed E-state index contributed by atoms with van der Waals surface area (Å²) in [6.45, 7) is 6.48. The van der Waals surface area contributed by atoms with E-state index in [1.54, 1.807) is 19.6 Å². The normalized spacial score (nSPS) is 11.6. The highest BCUT2D eigenvalue weighted by atomic mass is 16.5. The first-order valence-electron chi connectivity index (χ1n) is 5.90. The number of hydrogen-bond donors (Lipinski definition) is 1. The maximum atomic E-state index is 6.08. The molecule has 1 aromatic heterocycles. The van der Waals surface area contributed by atoms with Gasteiger partial charge < -0.3 is 15.0 Å². The number of ether oxygens (including phenoxy) is 1. The van der Waals surface area contributed by atoms with Crippen LogP contribution >= 0.6 is 0 Å². The van der Waals surface area contributed by atoms with Crippen LogP contribution in [0.5, 0.6) is 5.75 Å². The maximum absolute atomic E-state index is 6.08. The number of nitrogen functional groups attached to an aromatic ring is 1. The monoisotopic (exact) mass is 245 g/mol. The molecule has 1 aromatic carbocycles. The molecule has 2 rings (SSSR count). The van der Waals surface area contributed by atoms with E-state index >= 15 is 0 Å². The van der Waals surface area contributed by atoms with Crippen LogP contribution in [-0.2, 0) is 5.41 Å². The van der Waals surface area contributed by atoms with Gasteiger partial charge in [0.1, 0.15) is 0 Å². The number of rotatable bonds is 2. The number of nitrogens with zero attached hydrogens (tertiary/aromatic N) is 2. The molecule has 4 heteroatoms. The van der Waals surface area contributed by atoms with Gasteiger partial charge in [-0.3, -0.25) is 0 Å². The van der Waals surface area contributed by atoms with Crippen molar-refractivity contribution in [3.05, 3.63) is 36.4 Å². The van der Waals surface area contributed by atoms with Gasteiger partial charge in [0.2, 0.25) is 0 Å². The van der Waals surface area contributed by atoms with Crippen LogP contribution in [0.2, 0.25) is 0 Å². The van der Waals surface area contributed by atoms with Crippen LogP contribution in [0.1, 0.15) is 26.3 Å². The molecule has 4 nitrogen and oxygen atoms in total. The van der Waals surface area contributed by atoms with Gasteiger partial charge in [-0.05, 0) is 23.1 Å². The molecule has 0 unspecified atom stereocenters. The van der Waals surface area contributed by atoms with Crippen molar-refractivity contribution in [2.75, 3.05) is 12.8 Å². The third-order valence-electron chi connectivity index (χ3n) is 2.95. The number of anilines is 1. The molecule has 0 spiro atoms. The lowest BCUT2D eigenvalue weighted by Crippen LogP contribution is -2.13. The fourth-order valence-corrected chi connectivity index (χ4v) is 1.88. The van der Waals surface area contributed by atoms with E-state index in [0.29, 0.717) is 11.4 Å². The van der Waals surface area contributed by atoms with Crippen LogP contribution in [0.15, 0.2) is 30.9 Å². The van der Waals surface area contributed by atoms with Crippen molar-refractivity contribution < 1.29 is 4.74 Å². The number of aromatic nitrogens is 2. The van der Waals surface area contributed by atoms with E-state index in [9.17, 15) is 0 Å². The average molecular weight is 245 g/mol. The molecule has 1 heterocycles. The Labute approximate surface area is 107 Å². The maximum Gasteiger partial charge on any atom is 0.165 e. The van der Waals surface area contributed by atoms with Gasteiger partial charge >= 0.3 is 0 Å². The van der Waals surface area contributed by atoms with E-state index in [-0.39, 0.29) is 5.41 Å². The van der Waals surface area contributed by atoms with Gasteiger partial charge in [0.15, 0.2) is 5.75 Å². The van der Waals surface area contributed by atoms with Crippen LogP contribution in [-0.4, -0.2) is 16.7 Å². The molecule has 0 aliphatic rings. The van der Waals surface area contributed by atoms with Crippen molar-refractivity contribution in [1.29, 1.82) is 0 Å². The van der Waals surface area contributed by atoms with E-state index in [2.05, 4.69) is 31.8 Å². The molecule has 18 heavy (non-hydrogen) atoms. The van der Waals surface area contributed by atoms with Crippen molar-refractivity contribution in [2.45, 2.75) is 26.2 Å². The molecule has 2 N–H and O–H groups in total. The van der Waals surface area contributed by atoms with Crippen LogP contribution in [0.25, 0.3) is 5.69 Å². The average Bonchev–Trinajstić information content (AvgIpc) is 2.79. The number of methoxy groups -OCH3 is 1. The third-order valence-corrected chi connectivity index (χ3v) is 2.95. The topological polar surface area (TPSA) is 53.1 Å². The van der Waals surface area contributed by atoms with Crippen LogP contribution < -0.4 is 10.5 Å². The van der Waals surface area contributed by atoms with Gasteiger partial charge in [-0.25, -0.2) is 4.98 Å². The Morgan fingerprint density at radius 1 is 1.28 bits per heavy atom. The summed E-state index contributed by atoms with van der Waals surface area (Å²) in [6, 6.07) is 4.07. The summed E-state index contributed by atoms with van der Waals surface area (Å²) in [5.74, 6) is 0.681. The van der Waals surface area contributed by atoms with Gasteiger partial charge in [-0.15, -0.1) is 0 Å². The first-order valence-corrected chi connectivity index (χ1v) is 5.90. The fourth-order valence-electron chi connectivity index (χ4n) is 1.88. The minimum atomic E-state index is 0.0374. The zero-order valence-electron chi connectivity index (χ0n) is 11.3. The summed E-state index contributed by atoms with van der Waals surface area (Å²) in [4.78, 5) is 4.06. The standard InChI is InChI=1S/C14H19N3O/c1-14(2,3)10-7-11(15)13(18-4)12(8-10)17-6-5-16-9-17/h5-9H,15H2,1-4H3. The Morgan fingerprint density at radius 2 is 2.00 bits per heavy atom. The van der Waals surface area contributed by atoms with Crippen molar-refractivity contribution in [2.24, 2.45) is 0 Å². The van der Waals surface area contributed by atoms with E-state index in [1.165, 1.54) is 5.56 Å². The lowest BCUT2D eigenvalue weighted by molar-refractivity contribution is 0.414. The van der Waals surface area contributed by atoms with E-state index in [0.717, 1.165) is 5.69 Å². The molecule has 0 aliphatic heterocycles. The van der Waals surface area contributed by atoms with E-state index in [1.807, 2.05) is 16.8 Å². The highest BCUT2D eigenvalue weighted by molar-refractivity contribution is 5.66. The molecule has 0 aliphatic carbocycles. The number of benzene rings is 1. The van der Waals surface area contributed by atoms with Crippen LogP contribution in [0.4, 0.5) is 5.69 Å². The number of hydrogen-bond acceptors (Lipinski definition) is 3. The van der Waals surface area contributed by atoms with Crippen molar-refractivity contribution in [1.82, 2.24) is 9.55 Å². The van der Waals surface area contributed by atoms with Crippen LogP contribution in [0, 0.1) is 0 Å². The zero-order chi connectivity index (χ0) is 13.3. The highest BCUT2D eigenvalue weighted by Gasteiger charge is 2.19. The molecule has 0 atom stereocenters. The smallest absolute Gasteiger partial charge is 0.165 e. The molecule has 2 aromatic rings. The molecule has 0 bridgehead atoms. The van der Waals surface area contributed by atoms with Gasteiger partial charge in [0.05, 0.1) is 24.8 Å². The first-order chi connectivity index (χ1) is 8.43. The quantitative estimate of drug-likeness (QED) is 0.828. The van der Waals surface area contributed by atoms with Gasteiger partial charge in [-0.2, -0.15) is 0 Å². The lowest BCUT2D eigenvalue weighted by atomic mass is 9.86. The minimum Gasteiger partial charge on any atom is -0.492 e. The second-order valence-corrected chi connectivity index (χ2v) is 5.34. The summed E-state index contributed by atoms with van der Waals surface area (Å²) in [7, 11) is 1.63. The predicted octanol–water partition coefficient (Wildman–Crippen LogP) is 2.76. The Kier molecular flexibility index (Phi) is 3.03. The summed E-state index contributed by atoms with van der Waals surface area (Å²) >= 11 is 0. The molecule has 0 amide bonds. The Morgan fingerprint density at radius 3 is 2.50 bits per heavy atom. The predicted molar refractivity (Wildman–Crippen MR) is 73.2 cm³/mol. The van der Waals surface area contributed by atoms with E-state index in [4.69, 9.17) is 10.5 Å². The van der Waals surface area contributed by atoms with Crippen molar-refractivity contribution in [3.63, 3.8) is 0 Å². The SMILES string of the molecule is COc1c(N)cc(C(C)(C)C)cc1-n1ccnc1. The fraction of sp³-hybridized carbons (Fsp3) is 0.357. The number of nitrogens with two attached hydrogens (primary N) is 1. The second-order valence-electron chi connectivity index (χ2n) is 5.34. The second kappa shape index (κ2) is 4.37. The molecule has 0 fully saturated rings. The largest absolute Gasteiger partial charge is 0.492 e. The molecule has 96 valence electrons. The van der Waals surface area contributed by atoms with E-state index < -0.39 is 0 Å². The summed E-state index contributed by atoms with van der Waals surface area (Å²) in [5, 5.41) is 0. The molecule has 0 radical (unpaired) electrons. The van der Waals surface area contributed by atoms with Crippen molar-refractivity contribution >= 4 is 5.69 Å². The summed E-state index contributed by atoms with van der Waals surface area (Å²) in [5.41, 5.74) is 8.85. The molecular formula is C14H19N3O. The lowest BCUT2D eigenvalue weighted by Gasteiger charge is -2.22. The molecule has 0 saturated carbocycles. The molecular weight excluding hydrogens is 226 g/mol. The number of imidazole rings is 1. The molecule has 0 saturated heterocycles. The van der Waals surface area contributed by atoms with Crippen molar-refractivity contribution in [3.8, 4) is 11.4 Å². The summed E-state index contributed by atoms with van der Waals surface area (Å²) in [6.07, 6.45) is 5.35. The van der Waals surface area contributed by atoms with Gasteiger partial charge in [0.25, 0.3) is 0 Å². The first kappa shape index (κ1) is 12.5. The highest BCUT2D eigenvalue weighted by Crippen LogP contribution is 2.35. The Balaban J connectivity index is 2.66. The zero-order valence-corrected chi connectivity index (χ0v) is 11.3. The third kappa shape index (κ3) is 2.18.